The van der Waals surface area contributed by atoms with E-state index in [4.69, 9.17) is 10.2 Å². The van der Waals surface area contributed by atoms with Gasteiger partial charge in [0.05, 0.1) is 0 Å². The lowest BCUT2D eigenvalue weighted by Gasteiger charge is -2.01. The van der Waals surface area contributed by atoms with Gasteiger partial charge in [0, 0.05) is 11.5 Å². The van der Waals surface area contributed by atoms with Gasteiger partial charge < -0.3 is 10.2 Å². The number of nitrogens with two attached hydrogens (primary N) is 1. The quantitative estimate of drug-likeness (QED) is 0.658. The SMILES string of the molecule is Nc1ncn(C(=O)c2cc3ccc(F)cc3oc2=O)n1. The predicted molar refractivity (Wildman–Crippen MR) is 66.6 cm³/mol. The van der Waals surface area contributed by atoms with Crippen molar-refractivity contribution in [3.05, 3.63) is 52.4 Å². The van der Waals surface area contributed by atoms with Crippen molar-refractivity contribution in [2.45, 2.75) is 0 Å². The number of nitrogens with zero attached hydrogens (tertiary/aromatic N) is 3. The van der Waals surface area contributed by atoms with E-state index in [1.54, 1.807) is 0 Å². The molecule has 2 heterocycles. The fourth-order valence-corrected chi connectivity index (χ4v) is 1.73. The van der Waals surface area contributed by atoms with Gasteiger partial charge in [-0.05, 0) is 18.2 Å². The maximum atomic E-state index is 13.0. The Hall–Kier alpha value is -3.03. The Labute approximate surface area is 110 Å². The first kappa shape index (κ1) is 12.0. The number of rotatable bonds is 1. The molecule has 0 unspecified atom stereocenters. The predicted octanol–water partition coefficient (Wildman–Crippen LogP) is 0.794. The van der Waals surface area contributed by atoms with Crippen LogP contribution in [0.15, 0.2) is 39.8 Å². The van der Waals surface area contributed by atoms with E-state index < -0.39 is 17.3 Å². The number of nitrogen functional groups attached to an aromatic ring is 1. The molecule has 0 aliphatic carbocycles. The fraction of sp³-hybridized carbons (Fsp3) is 0. The van der Waals surface area contributed by atoms with Crippen molar-refractivity contribution in [2.75, 3.05) is 5.73 Å². The summed E-state index contributed by atoms with van der Waals surface area (Å²) in [6, 6.07) is 4.98. The molecule has 0 spiro atoms. The molecule has 0 atom stereocenters. The van der Waals surface area contributed by atoms with Gasteiger partial charge in [-0.1, -0.05) is 0 Å². The van der Waals surface area contributed by atoms with E-state index in [-0.39, 0.29) is 17.1 Å². The topological polar surface area (TPSA) is 104 Å². The Morgan fingerprint density at radius 2 is 2.15 bits per heavy atom. The van der Waals surface area contributed by atoms with Crippen LogP contribution in [0.2, 0.25) is 0 Å². The van der Waals surface area contributed by atoms with E-state index in [9.17, 15) is 14.0 Å². The Morgan fingerprint density at radius 1 is 1.35 bits per heavy atom. The molecule has 1 aromatic carbocycles. The molecular weight excluding hydrogens is 267 g/mol. The third kappa shape index (κ3) is 1.92. The molecule has 20 heavy (non-hydrogen) atoms. The third-order valence-corrected chi connectivity index (χ3v) is 2.65. The first-order valence-electron chi connectivity index (χ1n) is 5.50. The largest absolute Gasteiger partial charge is 0.422 e. The minimum absolute atomic E-state index is 0.0599. The van der Waals surface area contributed by atoms with E-state index in [1.807, 2.05) is 0 Å². The normalized spacial score (nSPS) is 10.8. The second-order valence-electron chi connectivity index (χ2n) is 3.98. The van der Waals surface area contributed by atoms with Crippen molar-refractivity contribution in [2.24, 2.45) is 0 Å². The molecule has 0 bridgehead atoms. The third-order valence-electron chi connectivity index (χ3n) is 2.65. The van der Waals surface area contributed by atoms with Gasteiger partial charge in [-0.15, -0.1) is 5.10 Å². The van der Waals surface area contributed by atoms with Gasteiger partial charge in [-0.3, -0.25) is 4.79 Å². The van der Waals surface area contributed by atoms with Crippen LogP contribution in [0.3, 0.4) is 0 Å². The average Bonchev–Trinajstić information content (AvgIpc) is 2.84. The molecule has 0 aliphatic rings. The Bertz CT molecular complexity index is 884. The Balaban J connectivity index is 2.16. The van der Waals surface area contributed by atoms with E-state index >= 15 is 0 Å². The molecule has 0 saturated heterocycles. The van der Waals surface area contributed by atoms with Crippen molar-refractivity contribution in [1.29, 1.82) is 0 Å². The summed E-state index contributed by atoms with van der Waals surface area (Å²) in [7, 11) is 0. The van der Waals surface area contributed by atoms with Crippen LogP contribution in [0, 0.1) is 5.82 Å². The second kappa shape index (κ2) is 4.26. The molecule has 0 amide bonds. The zero-order valence-electron chi connectivity index (χ0n) is 9.91. The summed E-state index contributed by atoms with van der Waals surface area (Å²) in [5, 5.41) is 4.03. The Morgan fingerprint density at radius 3 is 2.85 bits per heavy atom. The average molecular weight is 274 g/mol. The lowest BCUT2D eigenvalue weighted by atomic mass is 10.2. The van der Waals surface area contributed by atoms with Crippen LogP contribution in [0.4, 0.5) is 10.3 Å². The van der Waals surface area contributed by atoms with Crippen LogP contribution in [0.1, 0.15) is 10.4 Å². The molecule has 2 aromatic heterocycles. The lowest BCUT2D eigenvalue weighted by molar-refractivity contribution is 0.0941. The molecular formula is C12H7FN4O3. The number of fused-ring (bicyclic) bond motifs is 1. The second-order valence-corrected chi connectivity index (χ2v) is 3.98. The molecule has 3 rings (SSSR count). The van der Waals surface area contributed by atoms with Gasteiger partial charge in [0.15, 0.2) is 0 Å². The van der Waals surface area contributed by atoms with Gasteiger partial charge in [0.25, 0.3) is 5.91 Å². The number of carbonyl (C=O) groups is 1. The number of carbonyl (C=O) groups excluding carboxylic acids is 1. The molecule has 0 aliphatic heterocycles. The molecule has 0 fully saturated rings. The molecule has 3 aromatic rings. The van der Waals surface area contributed by atoms with Crippen LogP contribution in [0.5, 0.6) is 0 Å². The highest BCUT2D eigenvalue weighted by Crippen LogP contribution is 2.15. The van der Waals surface area contributed by atoms with Gasteiger partial charge in [-0.2, -0.15) is 4.68 Å². The number of benzene rings is 1. The van der Waals surface area contributed by atoms with Crippen molar-refractivity contribution < 1.29 is 13.6 Å². The summed E-state index contributed by atoms with van der Waals surface area (Å²) in [5.41, 5.74) is 4.23. The van der Waals surface area contributed by atoms with Crippen molar-refractivity contribution >= 4 is 22.8 Å². The van der Waals surface area contributed by atoms with Crippen LogP contribution in [-0.2, 0) is 0 Å². The summed E-state index contributed by atoms with van der Waals surface area (Å²) in [5.74, 6) is -1.36. The van der Waals surface area contributed by atoms with Crippen LogP contribution >= 0.6 is 0 Å². The standard InChI is InChI=1S/C12H7FN4O3/c13-7-2-1-6-3-8(11(19)20-9(6)4-7)10(18)17-5-15-12(14)16-17/h1-5H,(H2,14,16). The van der Waals surface area contributed by atoms with Crippen molar-refractivity contribution in [3.8, 4) is 0 Å². The van der Waals surface area contributed by atoms with Gasteiger partial charge in [0.1, 0.15) is 23.3 Å². The lowest BCUT2D eigenvalue weighted by Crippen LogP contribution is -2.21. The van der Waals surface area contributed by atoms with Crippen molar-refractivity contribution in [3.63, 3.8) is 0 Å². The number of hydrogen-bond donors (Lipinski definition) is 1. The number of halogens is 1. The minimum atomic E-state index is -0.887. The fourth-order valence-electron chi connectivity index (χ4n) is 1.73. The van der Waals surface area contributed by atoms with Gasteiger partial charge in [-0.25, -0.2) is 14.2 Å². The summed E-state index contributed by atoms with van der Waals surface area (Å²) >= 11 is 0. The number of aromatic nitrogens is 3. The first-order chi connectivity index (χ1) is 9.54. The zero-order chi connectivity index (χ0) is 14.3. The van der Waals surface area contributed by atoms with Crippen LogP contribution in [0.25, 0.3) is 11.0 Å². The molecule has 2 N–H and O–H groups in total. The van der Waals surface area contributed by atoms with Crippen LogP contribution < -0.4 is 11.4 Å². The van der Waals surface area contributed by atoms with E-state index in [0.29, 0.717) is 5.39 Å². The molecule has 0 saturated carbocycles. The van der Waals surface area contributed by atoms with E-state index in [1.165, 1.54) is 18.2 Å². The number of hydrogen-bond acceptors (Lipinski definition) is 6. The van der Waals surface area contributed by atoms with Gasteiger partial charge >= 0.3 is 5.63 Å². The zero-order valence-corrected chi connectivity index (χ0v) is 9.91. The maximum Gasteiger partial charge on any atom is 0.349 e. The van der Waals surface area contributed by atoms with E-state index in [2.05, 4.69) is 10.1 Å². The van der Waals surface area contributed by atoms with Crippen LogP contribution in [-0.4, -0.2) is 20.7 Å². The Kier molecular flexibility index (Phi) is 2.56. The highest BCUT2D eigenvalue weighted by atomic mass is 19.1. The molecule has 100 valence electrons. The van der Waals surface area contributed by atoms with Crippen molar-refractivity contribution in [1.82, 2.24) is 14.8 Å². The summed E-state index contributed by atoms with van der Waals surface area (Å²) in [6.07, 6.45) is 1.09. The highest BCUT2D eigenvalue weighted by Gasteiger charge is 2.17. The first-order valence-corrected chi connectivity index (χ1v) is 5.50. The van der Waals surface area contributed by atoms with Gasteiger partial charge in [0.2, 0.25) is 5.95 Å². The summed E-state index contributed by atoms with van der Waals surface area (Å²) in [6.45, 7) is 0. The monoisotopic (exact) mass is 274 g/mol. The van der Waals surface area contributed by atoms with E-state index in [0.717, 1.165) is 17.1 Å². The smallest absolute Gasteiger partial charge is 0.349 e. The molecule has 8 heteroatoms. The number of anilines is 1. The molecule has 0 radical (unpaired) electrons. The minimum Gasteiger partial charge on any atom is -0.422 e. The maximum absolute atomic E-state index is 13.0. The molecule has 7 nitrogen and oxygen atoms in total. The summed E-state index contributed by atoms with van der Waals surface area (Å²) < 4.78 is 18.8. The highest BCUT2D eigenvalue weighted by molar-refractivity contribution is 5.97. The summed E-state index contributed by atoms with van der Waals surface area (Å²) in [4.78, 5) is 27.4.